The Balaban J connectivity index is 2.18. The number of benzene rings is 2. The number of nitrogens with one attached hydrogen (secondary N) is 1. The average molecular weight is 241 g/mol. The first-order valence-electron chi connectivity index (χ1n) is 5.87. The van der Waals surface area contributed by atoms with Crippen LogP contribution in [0, 0.1) is 0 Å². The first kappa shape index (κ1) is 12.2. The molecule has 0 aliphatic rings. The molecule has 0 heterocycles. The molecule has 0 aromatic heterocycles. The molecule has 2 rings (SSSR count). The van der Waals surface area contributed by atoms with Crippen LogP contribution in [0.1, 0.15) is 5.56 Å². The third-order valence-electron chi connectivity index (χ3n) is 2.77. The first-order valence-corrected chi connectivity index (χ1v) is 5.87. The summed E-state index contributed by atoms with van der Waals surface area (Å²) in [6.45, 7) is 0.430. The minimum absolute atomic E-state index is 0.430. The van der Waals surface area contributed by atoms with Crippen molar-refractivity contribution in [2.45, 2.75) is 6.42 Å². The first-order chi connectivity index (χ1) is 8.77. The Kier molecular flexibility index (Phi) is 3.97. The molecule has 0 spiro atoms. The van der Waals surface area contributed by atoms with Crippen LogP contribution < -0.4 is 5.32 Å². The summed E-state index contributed by atoms with van der Waals surface area (Å²) in [4.78, 5) is 10.4. The molecular weight excluding hydrogens is 226 g/mol. The lowest BCUT2D eigenvalue weighted by atomic mass is 9.98. The second-order valence-corrected chi connectivity index (χ2v) is 4.01. The molecule has 18 heavy (non-hydrogen) atoms. The number of rotatable bonds is 4. The van der Waals surface area contributed by atoms with Crippen molar-refractivity contribution in [2.24, 2.45) is 0 Å². The lowest BCUT2D eigenvalue weighted by molar-refractivity contribution is 0.194. The van der Waals surface area contributed by atoms with Gasteiger partial charge in [-0.3, -0.25) is 0 Å². The summed E-state index contributed by atoms with van der Waals surface area (Å²) in [5.74, 6) is 0. The minimum Gasteiger partial charge on any atom is -0.465 e. The third kappa shape index (κ3) is 3.10. The summed E-state index contributed by atoms with van der Waals surface area (Å²) in [5.41, 5.74) is 3.46. The molecule has 2 aromatic rings. The zero-order chi connectivity index (χ0) is 12.8. The van der Waals surface area contributed by atoms with Gasteiger partial charge < -0.3 is 10.4 Å². The van der Waals surface area contributed by atoms with Gasteiger partial charge in [0.25, 0.3) is 0 Å². The van der Waals surface area contributed by atoms with Gasteiger partial charge in [0.2, 0.25) is 0 Å². The maximum atomic E-state index is 10.4. The molecule has 0 aliphatic carbocycles. The van der Waals surface area contributed by atoms with Crippen LogP contribution in [0.5, 0.6) is 0 Å². The van der Waals surface area contributed by atoms with Gasteiger partial charge in [0.1, 0.15) is 0 Å². The van der Waals surface area contributed by atoms with Gasteiger partial charge in [-0.1, -0.05) is 54.6 Å². The molecule has 0 unspecified atom stereocenters. The monoisotopic (exact) mass is 241 g/mol. The summed E-state index contributed by atoms with van der Waals surface area (Å²) in [5, 5.41) is 11.0. The Bertz CT molecular complexity index is 523. The van der Waals surface area contributed by atoms with Gasteiger partial charge in [-0.2, -0.15) is 0 Å². The van der Waals surface area contributed by atoms with Gasteiger partial charge >= 0.3 is 6.09 Å². The fraction of sp³-hybridized carbons (Fsp3) is 0.133. The Morgan fingerprint density at radius 3 is 2.39 bits per heavy atom. The molecule has 92 valence electrons. The Morgan fingerprint density at radius 2 is 1.67 bits per heavy atom. The van der Waals surface area contributed by atoms with Crippen LogP contribution in [0.4, 0.5) is 4.79 Å². The van der Waals surface area contributed by atoms with Crippen LogP contribution in [0.15, 0.2) is 54.6 Å². The topological polar surface area (TPSA) is 49.3 Å². The van der Waals surface area contributed by atoms with Crippen LogP contribution >= 0.6 is 0 Å². The summed E-state index contributed by atoms with van der Waals surface area (Å²) in [6, 6.07) is 18.2. The standard InChI is InChI=1S/C15H15NO2/c17-15(18)16-11-10-13-8-4-5-9-14(13)12-6-2-1-3-7-12/h1-9,16H,10-11H2,(H,17,18). The molecule has 0 fully saturated rings. The van der Waals surface area contributed by atoms with Crippen molar-refractivity contribution < 1.29 is 9.90 Å². The lowest BCUT2D eigenvalue weighted by Gasteiger charge is -2.09. The predicted molar refractivity (Wildman–Crippen MR) is 71.6 cm³/mol. The van der Waals surface area contributed by atoms with E-state index in [0.29, 0.717) is 13.0 Å². The normalized spacial score (nSPS) is 10.0. The molecule has 0 atom stereocenters. The van der Waals surface area contributed by atoms with Gasteiger partial charge in [0.15, 0.2) is 0 Å². The van der Waals surface area contributed by atoms with Crippen molar-refractivity contribution >= 4 is 6.09 Å². The van der Waals surface area contributed by atoms with E-state index in [1.807, 2.05) is 36.4 Å². The van der Waals surface area contributed by atoms with E-state index >= 15 is 0 Å². The van der Waals surface area contributed by atoms with Crippen molar-refractivity contribution in [2.75, 3.05) is 6.54 Å². The van der Waals surface area contributed by atoms with Gasteiger partial charge in [-0.25, -0.2) is 4.79 Å². The number of carbonyl (C=O) groups is 1. The smallest absolute Gasteiger partial charge is 0.404 e. The fourth-order valence-electron chi connectivity index (χ4n) is 1.94. The third-order valence-corrected chi connectivity index (χ3v) is 2.77. The summed E-state index contributed by atoms with van der Waals surface area (Å²) < 4.78 is 0. The van der Waals surface area contributed by atoms with Crippen molar-refractivity contribution in [1.29, 1.82) is 0 Å². The second-order valence-electron chi connectivity index (χ2n) is 4.01. The van der Waals surface area contributed by atoms with Crippen molar-refractivity contribution in [1.82, 2.24) is 5.32 Å². The van der Waals surface area contributed by atoms with Crippen molar-refractivity contribution in [3.8, 4) is 11.1 Å². The van der Waals surface area contributed by atoms with Gasteiger partial charge in [-0.15, -0.1) is 0 Å². The van der Waals surface area contributed by atoms with E-state index in [9.17, 15) is 4.79 Å². The highest BCUT2D eigenvalue weighted by molar-refractivity contribution is 5.67. The largest absolute Gasteiger partial charge is 0.465 e. The highest BCUT2D eigenvalue weighted by Gasteiger charge is 2.04. The van der Waals surface area contributed by atoms with Gasteiger partial charge in [0, 0.05) is 6.54 Å². The molecule has 2 aromatic carbocycles. The molecule has 2 N–H and O–H groups in total. The molecule has 0 radical (unpaired) electrons. The maximum absolute atomic E-state index is 10.4. The molecule has 3 heteroatoms. The van der Waals surface area contributed by atoms with Crippen LogP contribution in [0.25, 0.3) is 11.1 Å². The van der Waals surface area contributed by atoms with E-state index in [1.165, 1.54) is 0 Å². The van der Waals surface area contributed by atoms with Crippen LogP contribution in [-0.4, -0.2) is 17.7 Å². The molecule has 1 amide bonds. The number of hydrogen-bond donors (Lipinski definition) is 2. The highest BCUT2D eigenvalue weighted by Crippen LogP contribution is 2.23. The summed E-state index contributed by atoms with van der Waals surface area (Å²) in [6.07, 6.45) is -0.288. The Morgan fingerprint density at radius 1 is 1.00 bits per heavy atom. The van der Waals surface area contributed by atoms with Crippen molar-refractivity contribution in [3.05, 3.63) is 60.2 Å². The summed E-state index contributed by atoms with van der Waals surface area (Å²) >= 11 is 0. The molecule has 0 aliphatic heterocycles. The number of carboxylic acid groups (broad SMARTS) is 1. The fourth-order valence-corrected chi connectivity index (χ4v) is 1.94. The van der Waals surface area contributed by atoms with E-state index in [0.717, 1.165) is 16.7 Å². The highest BCUT2D eigenvalue weighted by atomic mass is 16.4. The zero-order valence-corrected chi connectivity index (χ0v) is 9.97. The molecular formula is C15H15NO2. The Hall–Kier alpha value is -2.29. The minimum atomic E-state index is -0.979. The van der Waals surface area contributed by atoms with E-state index < -0.39 is 6.09 Å². The average Bonchev–Trinajstić information content (AvgIpc) is 2.40. The van der Waals surface area contributed by atoms with Gasteiger partial charge in [-0.05, 0) is 23.1 Å². The maximum Gasteiger partial charge on any atom is 0.404 e. The van der Waals surface area contributed by atoms with Crippen LogP contribution in [0.3, 0.4) is 0 Å². The van der Waals surface area contributed by atoms with E-state index in [4.69, 9.17) is 5.11 Å². The zero-order valence-electron chi connectivity index (χ0n) is 9.97. The van der Waals surface area contributed by atoms with E-state index in [2.05, 4.69) is 23.5 Å². The molecule has 3 nitrogen and oxygen atoms in total. The Labute approximate surface area is 106 Å². The van der Waals surface area contributed by atoms with E-state index in [1.54, 1.807) is 0 Å². The van der Waals surface area contributed by atoms with Gasteiger partial charge in [0.05, 0.1) is 0 Å². The summed E-state index contributed by atoms with van der Waals surface area (Å²) in [7, 11) is 0. The van der Waals surface area contributed by atoms with Crippen molar-refractivity contribution in [3.63, 3.8) is 0 Å². The number of hydrogen-bond acceptors (Lipinski definition) is 1. The number of amides is 1. The SMILES string of the molecule is O=C(O)NCCc1ccccc1-c1ccccc1. The predicted octanol–water partition coefficient (Wildman–Crippen LogP) is 3.16. The van der Waals surface area contributed by atoms with Crippen LogP contribution in [0.2, 0.25) is 0 Å². The van der Waals surface area contributed by atoms with Crippen LogP contribution in [-0.2, 0) is 6.42 Å². The van der Waals surface area contributed by atoms with E-state index in [-0.39, 0.29) is 0 Å². The molecule has 0 bridgehead atoms. The quantitative estimate of drug-likeness (QED) is 0.863. The second kappa shape index (κ2) is 5.87. The lowest BCUT2D eigenvalue weighted by Crippen LogP contribution is -2.23. The molecule has 0 saturated carbocycles. The molecule has 0 saturated heterocycles.